The molecule has 0 spiro atoms. The highest BCUT2D eigenvalue weighted by Gasteiger charge is 2.04. The van der Waals surface area contributed by atoms with Crippen molar-refractivity contribution in [2.75, 3.05) is 19.0 Å². The average molecular weight is 281 g/mol. The molecule has 0 bridgehead atoms. The van der Waals surface area contributed by atoms with E-state index >= 15 is 0 Å². The standard InChI is InChI=1S/C14H14Cl2N2/c1-18(2)12-6-3-10(4-7-12)9-11-5-8-13(15)17-14(11)16/h3-8H,9H2,1-2H3. The van der Waals surface area contributed by atoms with Gasteiger partial charge in [0.05, 0.1) is 0 Å². The molecule has 0 atom stereocenters. The van der Waals surface area contributed by atoms with Crippen molar-refractivity contribution in [1.29, 1.82) is 0 Å². The van der Waals surface area contributed by atoms with E-state index in [0.717, 1.165) is 12.0 Å². The zero-order valence-electron chi connectivity index (χ0n) is 10.3. The second kappa shape index (κ2) is 5.59. The molecule has 0 aliphatic heterocycles. The van der Waals surface area contributed by atoms with Crippen molar-refractivity contribution in [2.45, 2.75) is 6.42 Å². The molecule has 1 heterocycles. The predicted molar refractivity (Wildman–Crippen MR) is 77.8 cm³/mol. The van der Waals surface area contributed by atoms with Crippen molar-refractivity contribution in [3.05, 3.63) is 57.8 Å². The first-order valence-electron chi connectivity index (χ1n) is 5.63. The zero-order valence-corrected chi connectivity index (χ0v) is 11.8. The second-order valence-electron chi connectivity index (χ2n) is 4.32. The number of rotatable bonds is 3. The van der Waals surface area contributed by atoms with Crippen LogP contribution in [0.1, 0.15) is 11.1 Å². The van der Waals surface area contributed by atoms with Crippen LogP contribution in [0, 0.1) is 0 Å². The van der Waals surface area contributed by atoms with Gasteiger partial charge in [-0.2, -0.15) is 0 Å². The summed E-state index contributed by atoms with van der Waals surface area (Å²) in [7, 11) is 4.05. The molecule has 1 aromatic heterocycles. The van der Waals surface area contributed by atoms with Crippen LogP contribution in [-0.4, -0.2) is 19.1 Å². The van der Waals surface area contributed by atoms with E-state index in [1.165, 1.54) is 11.3 Å². The number of pyridine rings is 1. The minimum atomic E-state index is 0.423. The number of halogens is 2. The van der Waals surface area contributed by atoms with Crippen LogP contribution < -0.4 is 4.90 Å². The van der Waals surface area contributed by atoms with Crippen molar-refractivity contribution in [3.63, 3.8) is 0 Å². The molecule has 0 saturated carbocycles. The van der Waals surface area contributed by atoms with Crippen LogP contribution in [0.4, 0.5) is 5.69 Å². The summed E-state index contributed by atoms with van der Waals surface area (Å²) in [5, 5.41) is 0.894. The highest BCUT2D eigenvalue weighted by molar-refractivity contribution is 6.32. The number of aromatic nitrogens is 1. The Kier molecular flexibility index (Phi) is 4.10. The largest absolute Gasteiger partial charge is 0.378 e. The summed E-state index contributed by atoms with van der Waals surface area (Å²) in [5.74, 6) is 0. The average Bonchev–Trinajstić information content (AvgIpc) is 2.33. The molecular formula is C14H14Cl2N2. The van der Waals surface area contributed by atoms with Crippen molar-refractivity contribution in [3.8, 4) is 0 Å². The van der Waals surface area contributed by atoms with Gasteiger partial charge in [-0.05, 0) is 29.3 Å². The summed E-state index contributed by atoms with van der Waals surface area (Å²) in [6, 6.07) is 12.0. The Morgan fingerprint density at radius 2 is 1.67 bits per heavy atom. The number of hydrogen-bond donors (Lipinski definition) is 0. The van der Waals surface area contributed by atoms with Gasteiger partial charge < -0.3 is 4.90 Å². The van der Waals surface area contributed by atoms with Crippen LogP contribution >= 0.6 is 23.2 Å². The van der Waals surface area contributed by atoms with E-state index in [2.05, 4.69) is 34.1 Å². The summed E-state index contributed by atoms with van der Waals surface area (Å²) in [5.41, 5.74) is 3.37. The van der Waals surface area contributed by atoms with Gasteiger partial charge in [0, 0.05) is 26.2 Å². The lowest BCUT2D eigenvalue weighted by atomic mass is 10.1. The van der Waals surface area contributed by atoms with E-state index in [-0.39, 0.29) is 0 Å². The van der Waals surface area contributed by atoms with Gasteiger partial charge in [-0.25, -0.2) is 4.98 Å². The summed E-state index contributed by atoms with van der Waals surface area (Å²) >= 11 is 11.8. The summed E-state index contributed by atoms with van der Waals surface area (Å²) in [6.45, 7) is 0. The van der Waals surface area contributed by atoms with Crippen molar-refractivity contribution < 1.29 is 0 Å². The molecule has 0 radical (unpaired) electrons. The molecule has 0 fully saturated rings. The van der Waals surface area contributed by atoms with Crippen LogP contribution in [0.2, 0.25) is 10.3 Å². The maximum absolute atomic E-state index is 6.06. The molecule has 2 aromatic rings. The van der Waals surface area contributed by atoms with Crippen molar-refractivity contribution >= 4 is 28.9 Å². The predicted octanol–water partition coefficient (Wildman–Crippen LogP) is 4.05. The van der Waals surface area contributed by atoms with Crippen molar-refractivity contribution in [2.24, 2.45) is 0 Å². The fraction of sp³-hybridized carbons (Fsp3) is 0.214. The number of nitrogens with zero attached hydrogens (tertiary/aromatic N) is 2. The maximum Gasteiger partial charge on any atom is 0.134 e. The summed E-state index contributed by atoms with van der Waals surface area (Å²) in [6.07, 6.45) is 0.761. The van der Waals surface area contributed by atoms with Gasteiger partial charge in [-0.3, -0.25) is 0 Å². The van der Waals surface area contributed by atoms with Gasteiger partial charge in [-0.15, -0.1) is 0 Å². The first-order chi connectivity index (χ1) is 8.56. The van der Waals surface area contributed by atoms with Gasteiger partial charge in [0.1, 0.15) is 10.3 Å². The number of anilines is 1. The molecular weight excluding hydrogens is 267 g/mol. The zero-order chi connectivity index (χ0) is 13.1. The molecule has 1 aromatic carbocycles. The van der Waals surface area contributed by atoms with Crippen LogP contribution in [0.3, 0.4) is 0 Å². The Labute approximate surface area is 117 Å². The van der Waals surface area contributed by atoms with E-state index in [9.17, 15) is 0 Å². The lowest BCUT2D eigenvalue weighted by Crippen LogP contribution is -2.08. The topological polar surface area (TPSA) is 16.1 Å². The monoisotopic (exact) mass is 280 g/mol. The van der Waals surface area contributed by atoms with Gasteiger partial charge in [0.2, 0.25) is 0 Å². The Morgan fingerprint density at radius 3 is 2.22 bits per heavy atom. The molecule has 0 aliphatic rings. The lowest BCUT2D eigenvalue weighted by molar-refractivity contribution is 1.11. The molecule has 94 valence electrons. The third-order valence-corrected chi connectivity index (χ3v) is 3.28. The first kappa shape index (κ1) is 13.2. The quantitative estimate of drug-likeness (QED) is 0.789. The van der Waals surface area contributed by atoms with E-state index < -0.39 is 0 Å². The molecule has 0 saturated heterocycles. The van der Waals surface area contributed by atoms with Gasteiger partial charge >= 0.3 is 0 Å². The maximum atomic E-state index is 6.06. The summed E-state index contributed by atoms with van der Waals surface area (Å²) in [4.78, 5) is 6.11. The lowest BCUT2D eigenvalue weighted by Gasteiger charge is -2.12. The Morgan fingerprint density at radius 1 is 1.00 bits per heavy atom. The fourth-order valence-electron chi connectivity index (χ4n) is 1.70. The van der Waals surface area contributed by atoms with E-state index in [4.69, 9.17) is 23.2 Å². The molecule has 0 N–H and O–H groups in total. The normalized spacial score (nSPS) is 10.4. The number of hydrogen-bond acceptors (Lipinski definition) is 2. The van der Waals surface area contributed by atoms with Gasteiger partial charge in [0.15, 0.2) is 0 Å². The third-order valence-electron chi connectivity index (χ3n) is 2.74. The van der Waals surface area contributed by atoms with E-state index in [0.29, 0.717) is 10.3 Å². The van der Waals surface area contributed by atoms with Crippen LogP contribution in [0.5, 0.6) is 0 Å². The molecule has 0 unspecified atom stereocenters. The summed E-state index contributed by atoms with van der Waals surface area (Å²) < 4.78 is 0. The highest BCUT2D eigenvalue weighted by Crippen LogP contribution is 2.21. The minimum Gasteiger partial charge on any atom is -0.378 e. The Bertz CT molecular complexity index is 536. The highest BCUT2D eigenvalue weighted by atomic mass is 35.5. The second-order valence-corrected chi connectivity index (χ2v) is 5.07. The molecule has 2 nitrogen and oxygen atoms in total. The minimum absolute atomic E-state index is 0.423. The molecule has 2 rings (SSSR count). The Balaban J connectivity index is 2.18. The molecule has 0 aliphatic carbocycles. The van der Waals surface area contributed by atoms with Gasteiger partial charge in [-0.1, -0.05) is 41.4 Å². The molecule has 4 heteroatoms. The van der Waals surface area contributed by atoms with Crippen LogP contribution in [0.25, 0.3) is 0 Å². The Hall–Kier alpha value is -1.25. The SMILES string of the molecule is CN(C)c1ccc(Cc2ccc(Cl)nc2Cl)cc1. The van der Waals surface area contributed by atoms with Crippen LogP contribution in [-0.2, 0) is 6.42 Å². The third kappa shape index (κ3) is 3.15. The van der Waals surface area contributed by atoms with Crippen LogP contribution in [0.15, 0.2) is 36.4 Å². The first-order valence-corrected chi connectivity index (χ1v) is 6.39. The smallest absolute Gasteiger partial charge is 0.134 e. The molecule has 18 heavy (non-hydrogen) atoms. The van der Waals surface area contributed by atoms with E-state index in [1.807, 2.05) is 20.2 Å². The van der Waals surface area contributed by atoms with E-state index in [1.54, 1.807) is 6.07 Å². The van der Waals surface area contributed by atoms with Crippen molar-refractivity contribution in [1.82, 2.24) is 4.98 Å². The molecule has 0 amide bonds. The fourth-order valence-corrected chi connectivity index (χ4v) is 2.12. The van der Waals surface area contributed by atoms with Gasteiger partial charge in [0.25, 0.3) is 0 Å². The number of benzene rings is 1.